The van der Waals surface area contributed by atoms with E-state index in [9.17, 15) is 19.8 Å². The molecule has 0 aliphatic rings. The van der Waals surface area contributed by atoms with Gasteiger partial charge in [-0.15, -0.1) is 0 Å². The summed E-state index contributed by atoms with van der Waals surface area (Å²) in [6.07, 6.45) is 75.8. The molecule has 2 unspecified atom stereocenters. The number of aliphatic hydroxyl groups excluding tert-OH is 2. The second-order valence-corrected chi connectivity index (χ2v) is 21.7. The number of allylic oxidation sites excluding steroid dienone is 6. The Morgan fingerprint density at radius 3 is 1.10 bits per heavy atom. The number of esters is 1. The van der Waals surface area contributed by atoms with Gasteiger partial charge >= 0.3 is 5.97 Å². The van der Waals surface area contributed by atoms with Gasteiger partial charge in [0.2, 0.25) is 5.91 Å². The van der Waals surface area contributed by atoms with Crippen molar-refractivity contribution in [3.63, 3.8) is 0 Å². The Labute approximate surface area is 443 Å². The van der Waals surface area contributed by atoms with Crippen LogP contribution in [-0.4, -0.2) is 47.4 Å². The van der Waals surface area contributed by atoms with Crippen molar-refractivity contribution in [3.05, 3.63) is 36.5 Å². The third-order valence-corrected chi connectivity index (χ3v) is 14.7. The van der Waals surface area contributed by atoms with E-state index >= 15 is 0 Å². The number of carbonyl (C=O) groups is 2. The van der Waals surface area contributed by atoms with E-state index in [4.69, 9.17) is 4.74 Å². The lowest BCUT2D eigenvalue weighted by Crippen LogP contribution is -2.45. The first-order chi connectivity index (χ1) is 35.0. The molecule has 0 bridgehead atoms. The van der Waals surface area contributed by atoms with Crippen LogP contribution in [0.25, 0.3) is 0 Å². The molecule has 418 valence electrons. The Morgan fingerprint density at radius 1 is 0.394 bits per heavy atom. The summed E-state index contributed by atoms with van der Waals surface area (Å²) in [6, 6.07) is -0.550. The molecular weight excluding hydrogens is 875 g/mol. The molecule has 71 heavy (non-hydrogen) atoms. The van der Waals surface area contributed by atoms with Crippen LogP contribution in [0, 0.1) is 0 Å². The smallest absolute Gasteiger partial charge is 0.305 e. The van der Waals surface area contributed by atoms with Gasteiger partial charge in [0.05, 0.1) is 25.4 Å². The molecule has 0 saturated carbocycles. The Kier molecular flexibility index (Phi) is 59.0. The van der Waals surface area contributed by atoms with Crippen LogP contribution in [0.1, 0.15) is 341 Å². The van der Waals surface area contributed by atoms with E-state index in [1.54, 1.807) is 0 Å². The highest BCUT2D eigenvalue weighted by atomic mass is 16.5. The number of unbranched alkanes of at least 4 members (excludes halogenated alkanes) is 42. The summed E-state index contributed by atoms with van der Waals surface area (Å²) in [5.74, 6) is -0.0517. The zero-order valence-corrected chi connectivity index (χ0v) is 47.7. The van der Waals surface area contributed by atoms with Crippen molar-refractivity contribution in [3.8, 4) is 0 Å². The quantitative estimate of drug-likeness (QED) is 0.0321. The van der Waals surface area contributed by atoms with Gasteiger partial charge in [-0.2, -0.15) is 0 Å². The van der Waals surface area contributed by atoms with E-state index in [2.05, 4.69) is 55.6 Å². The summed E-state index contributed by atoms with van der Waals surface area (Å²) in [5, 5.41) is 23.4. The molecule has 0 aromatic heterocycles. The van der Waals surface area contributed by atoms with Crippen molar-refractivity contribution in [2.24, 2.45) is 0 Å². The Hall–Kier alpha value is -1.92. The highest BCUT2D eigenvalue weighted by Gasteiger charge is 2.20. The van der Waals surface area contributed by atoms with Crippen LogP contribution in [0.15, 0.2) is 36.5 Å². The third kappa shape index (κ3) is 57.2. The zero-order valence-electron chi connectivity index (χ0n) is 47.7. The molecule has 0 heterocycles. The number of hydrogen-bond donors (Lipinski definition) is 3. The van der Waals surface area contributed by atoms with Gasteiger partial charge in [-0.3, -0.25) is 9.59 Å². The average molecular weight is 999 g/mol. The molecule has 1 amide bonds. The summed E-state index contributed by atoms with van der Waals surface area (Å²) in [6.45, 7) is 4.94. The molecule has 0 saturated heterocycles. The lowest BCUT2D eigenvalue weighted by Gasteiger charge is -2.22. The van der Waals surface area contributed by atoms with Crippen LogP contribution in [0.3, 0.4) is 0 Å². The second-order valence-electron chi connectivity index (χ2n) is 21.7. The molecule has 0 aliphatic carbocycles. The van der Waals surface area contributed by atoms with Crippen molar-refractivity contribution in [1.82, 2.24) is 5.32 Å². The summed E-state index contributed by atoms with van der Waals surface area (Å²) in [7, 11) is 0. The fourth-order valence-corrected chi connectivity index (χ4v) is 9.78. The Bertz CT molecular complexity index is 1150. The van der Waals surface area contributed by atoms with E-state index in [0.29, 0.717) is 25.9 Å². The van der Waals surface area contributed by atoms with Crippen LogP contribution < -0.4 is 5.32 Å². The lowest BCUT2D eigenvalue weighted by atomic mass is 10.0. The topological polar surface area (TPSA) is 95.9 Å². The molecule has 3 N–H and O–H groups in total. The van der Waals surface area contributed by atoms with Gasteiger partial charge in [0.25, 0.3) is 0 Å². The number of aliphatic hydroxyl groups is 2. The summed E-state index contributed by atoms with van der Waals surface area (Å²) in [5.41, 5.74) is 0. The van der Waals surface area contributed by atoms with Crippen molar-refractivity contribution in [1.29, 1.82) is 0 Å². The SMILES string of the molecule is CCCCCC/C=C\C/C=C\CCCCCCCC(=O)OCCCCCCCCCC/C=C\CCCCCCCCCC(=O)NC(CO)C(O)CCCCCCCCCCCCCCCCCCCCC. The predicted molar refractivity (Wildman–Crippen MR) is 310 cm³/mol. The van der Waals surface area contributed by atoms with Gasteiger partial charge in [0.15, 0.2) is 0 Å². The van der Waals surface area contributed by atoms with Crippen molar-refractivity contribution < 1.29 is 24.5 Å². The largest absolute Gasteiger partial charge is 0.466 e. The van der Waals surface area contributed by atoms with Crippen molar-refractivity contribution >= 4 is 11.9 Å². The number of hydrogen-bond acceptors (Lipinski definition) is 5. The summed E-state index contributed by atoms with van der Waals surface area (Å²) < 4.78 is 5.48. The minimum atomic E-state index is -0.672. The van der Waals surface area contributed by atoms with Gasteiger partial charge in [0.1, 0.15) is 0 Å². The average Bonchev–Trinajstić information content (AvgIpc) is 3.37. The molecule has 6 nitrogen and oxygen atoms in total. The van der Waals surface area contributed by atoms with E-state index in [1.807, 2.05) is 0 Å². The number of nitrogens with one attached hydrogen (secondary N) is 1. The van der Waals surface area contributed by atoms with Gasteiger partial charge < -0.3 is 20.3 Å². The van der Waals surface area contributed by atoms with Gasteiger partial charge in [-0.1, -0.05) is 281 Å². The molecule has 0 aromatic carbocycles. The molecular formula is C65H123NO5. The molecule has 0 fully saturated rings. The maximum absolute atomic E-state index is 12.5. The van der Waals surface area contributed by atoms with Crippen LogP contribution in [0.2, 0.25) is 0 Å². The normalized spacial score (nSPS) is 12.8. The maximum atomic E-state index is 12.5. The molecule has 0 aromatic rings. The number of amides is 1. The molecule has 0 aliphatic heterocycles. The number of carbonyl (C=O) groups excluding carboxylic acids is 2. The van der Waals surface area contributed by atoms with Gasteiger partial charge in [-0.25, -0.2) is 0 Å². The molecule has 2 atom stereocenters. The van der Waals surface area contributed by atoms with Crippen LogP contribution in [-0.2, 0) is 14.3 Å². The first-order valence-corrected chi connectivity index (χ1v) is 31.7. The highest BCUT2D eigenvalue weighted by molar-refractivity contribution is 5.76. The number of rotatable bonds is 59. The predicted octanol–water partition coefficient (Wildman–Crippen LogP) is 20.0. The molecule has 6 heteroatoms. The Balaban J connectivity index is 3.45. The van der Waals surface area contributed by atoms with Crippen LogP contribution in [0.5, 0.6) is 0 Å². The van der Waals surface area contributed by atoms with Crippen molar-refractivity contribution in [2.45, 2.75) is 353 Å². The van der Waals surface area contributed by atoms with E-state index in [0.717, 1.165) is 57.8 Å². The minimum absolute atomic E-state index is 0.00916. The fourth-order valence-electron chi connectivity index (χ4n) is 9.78. The minimum Gasteiger partial charge on any atom is -0.466 e. The summed E-state index contributed by atoms with van der Waals surface area (Å²) in [4.78, 5) is 24.6. The molecule has 0 rings (SSSR count). The zero-order chi connectivity index (χ0) is 51.4. The second kappa shape index (κ2) is 60.6. The van der Waals surface area contributed by atoms with Crippen LogP contribution >= 0.6 is 0 Å². The lowest BCUT2D eigenvalue weighted by molar-refractivity contribution is -0.143. The van der Waals surface area contributed by atoms with E-state index in [1.165, 1.54) is 250 Å². The first-order valence-electron chi connectivity index (χ1n) is 31.7. The first kappa shape index (κ1) is 69.1. The summed E-state index contributed by atoms with van der Waals surface area (Å²) >= 11 is 0. The third-order valence-electron chi connectivity index (χ3n) is 14.7. The molecule has 0 spiro atoms. The van der Waals surface area contributed by atoms with Crippen LogP contribution in [0.4, 0.5) is 0 Å². The van der Waals surface area contributed by atoms with Gasteiger partial charge in [-0.05, 0) is 83.5 Å². The molecule has 0 radical (unpaired) electrons. The van der Waals surface area contributed by atoms with Gasteiger partial charge in [0, 0.05) is 12.8 Å². The number of ether oxygens (including phenoxy) is 1. The maximum Gasteiger partial charge on any atom is 0.305 e. The van der Waals surface area contributed by atoms with E-state index in [-0.39, 0.29) is 18.5 Å². The van der Waals surface area contributed by atoms with Crippen molar-refractivity contribution in [2.75, 3.05) is 13.2 Å². The Morgan fingerprint density at radius 2 is 0.704 bits per heavy atom. The van der Waals surface area contributed by atoms with E-state index < -0.39 is 12.1 Å². The monoisotopic (exact) mass is 998 g/mol. The standard InChI is InChI=1S/C65H123NO5/c1-3-5-7-9-11-13-15-17-19-21-23-26-29-33-37-41-45-49-53-57-63(68)62(61-67)66-64(69)58-54-50-46-42-38-34-30-27-24-22-25-28-32-36-40-44-48-52-56-60-71-65(70)59-55-51-47-43-39-35-31-20-18-16-14-12-10-8-6-4-2/h14,16,20,22,24,31,62-63,67-68H,3-13,15,17-19,21,23,25-30,32-61H2,1-2H3,(H,66,69)/b16-14-,24-22-,31-20-. The fraction of sp³-hybridized carbons (Fsp3) is 0.877. The highest BCUT2D eigenvalue weighted by Crippen LogP contribution is 2.17.